The minimum absolute atomic E-state index is 0.685. The average molecular weight is 240 g/mol. The quantitative estimate of drug-likeness (QED) is 0.812. The van der Waals surface area contributed by atoms with Gasteiger partial charge in [0.15, 0.2) is 0 Å². The lowest BCUT2D eigenvalue weighted by molar-refractivity contribution is 0.00290. The number of likely N-dealkylation sites (tertiary alicyclic amines) is 1. The molecular weight excluding hydrogens is 212 g/mol. The maximum Gasteiger partial charge on any atom is 0.0621 e. The number of hydrogen-bond acceptors (Lipinski definition) is 3. The van der Waals surface area contributed by atoms with Crippen LogP contribution in [-0.2, 0) is 4.74 Å². The largest absolute Gasteiger partial charge is 0.380 e. The summed E-state index contributed by atoms with van der Waals surface area (Å²) in [5, 5.41) is 3.57. The minimum atomic E-state index is 0.685. The summed E-state index contributed by atoms with van der Waals surface area (Å²) in [7, 11) is 0. The van der Waals surface area contributed by atoms with Crippen LogP contribution in [0.3, 0.4) is 0 Å². The zero-order valence-corrected chi connectivity index (χ0v) is 11.5. The SMILES string of the molecule is CCNC(C)C1CCN(C2CCCOC2)CC1. The Labute approximate surface area is 106 Å². The molecule has 2 saturated heterocycles. The van der Waals surface area contributed by atoms with Crippen molar-refractivity contribution in [2.75, 3.05) is 32.8 Å². The number of ether oxygens (including phenoxy) is 1. The molecule has 0 bridgehead atoms. The summed E-state index contributed by atoms with van der Waals surface area (Å²) in [6.45, 7) is 10.1. The summed E-state index contributed by atoms with van der Waals surface area (Å²) < 4.78 is 5.59. The van der Waals surface area contributed by atoms with Gasteiger partial charge in [0, 0.05) is 18.7 Å². The molecule has 3 nitrogen and oxygen atoms in total. The zero-order chi connectivity index (χ0) is 12.1. The molecule has 1 N–H and O–H groups in total. The molecule has 2 unspecified atom stereocenters. The molecule has 2 fully saturated rings. The molecule has 0 aromatic carbocycles. The van der Waals surface area contributed by atoms with Crippen LogP contribution in [0.2, 0.25) is 0 Å². The minimum Gasteiger partial charge on any atom is -0.380 e. The van der Waals surface area contributed by atoms with Gasteiger partial charge in [0.05, 0.1) is 6.61 Å². The molecule has 0 saturated carbocycles. The Morgan fingerprint density at radius 3 is 2.65 bits per heavy atom. The van der Waals surface area contributed by atoms with Crippen molar-refractivity contribution in [1.29, 1.82) is 0 Å². The highest BCUT2D eigenvalue weighted by atomic mass is 16.5. The Bertz CT molecular complexity index is 208. The fraction of sp³-hybridized carbons (Fsp3) is 1.00. The van der Waals surface area contributed by atoms with Gasteiger partial charge < -0.3 is 10.1 Å². The second-order valence-corrected chi connectivity index (χ2v) is 5.59. The molecular formula is C14H28N2O. The molecule has 0 radical (unpaired) electrons. The maximum absolute atomic E-state index is 5.59. The first-order valence-electron chi connectivity index (χ1n) is 7.36. The molecule has 0 aliphatic carbocycles. The summed E-state index contributed by atoms with van der Waals surface area (Å²) in [5.74, 6) is 0.871. The van der Waals surface area contributed by atoms with Crippen molar-refractivity contribution in [2.45, 2.75) is 51.6 Å². The van der Waals surface area contributed by atoms with Crippen LogP contribution >= 0.6 is 0 Å². The fourth-order valence-corrected chi connectivity index (χ4v) is 3.28. The standard InChI is InChI=1S/C14H28N2O/c1-3-15-12(2)13-6-8-16(9-7-13)14-5-4-10-17-11-14/h12-15H,3-11H2,1-2H3. The van der Waals surface area contributed by atoms with Gasteiger partial charge in [-0.25, -0.2) is 0 Å². The molecule has 3 heteroatoms. The lowest BCUT2D eigenvalue weighted by atomic mass is 9.89. The molecule has 0 spiro atoms. The van der Waals surface area contributed by atoms with Crippen LogP contribution in [0.4, 0.5) is 0 Å². The Morgan fingerprint density at radius 1 is 1.29 bits per heavy atom. The van der Waals surface area contributed by atoms with Crippen LogP contribution in [0.5, 0.6) is 0 Å². The van der Waals surface area contributed by atoms with Crippen molar-refractivity contribution in [3.8, 4) is 0 Å². The van der Waals surface area contributed by atoms with Crippen LogP contribution in [-0.4, -0.2) is 49.8 Å². The number of rotatable bonds is 4. The van der Waals surface area contributed by atoms with E-state index >= 15 is 0 Å². The highest BCUT2D eigenvalue weighted by Crippen LogP contribution is 2.24. The van der Waals surface area contributed by atoms with E-state index in [0.29, 0.717) is 12.1 Å². The number of nitrogens with one attached hydrogen (secondary N) is 1. The van der Waals surface area contributed by atoms with E-state index in [4.69, 9.17) is 4.74 Å². The third-order valence-electron chi connectivity index (χ3n) is 4.46. The molecule has 2 aliphatic rings. The van der Waals surface area contributed by atoms with Gasteiger partial charge in [-0.15, -0.1) is 0 Å². The molecule has 2 heterocycles. The third-order valence-corrected chi connectivity index (χ3v) is 4.46. The van der Waals surface area contributed by atoms with E-state index in [1.54, 1.807) is 0 Å². The Morgan fingerprint density at radius 2 is 2.06 bits per heavy atom. The lowest BCUT2D eigenvalue weighted by Gasteiger charge is -2.40. The molecule has 2 atom stereocenters. The monoisotopic (exact) mass is 240 g/mol. The predicted molar refractivity (Wildman–Crippen MR) is 71.3 cm³/mol. The van der Waals surface area contributed by atoms with E-state index in [1.807, 2.05) is 0 Å². The van der Waals surface area contributed by atoms with E-state index in [-0.39, 0.29) is 0 Å². The van der Waals surface area contributed by atoms with Crippen LogP contribution in [0.25, 0.3) is 0 Å². The van der Waals surface area contributed by atoms with Gasteiger partial charge in [-0.3, -0.25) is 4.90 Å². The van der Waals surface area contributed by atoms with Crippen LogP contribution < -0.4 is 5.32 Å². The molecule has 2 aliphatic heterocycles. The van der Waals surface area contributed by atoms with E-state index in [9.17, 15) is 0 Å². The van der Waals surface area contributed by atoms with Gasteiger partial charge in [0.25, 0.3) is 0 Å². The summed E-state index contributed by atoms with van der Waals surface area (Å²) in [4.78, 5) is 2.66. The molecule has 0 amide bonds. The fourth-order valence-electron chi connectivity index (χ4n) is 3.28. The van der Waals surface area contributed by atoms with Gasteiger partial charge in [-0.2, -0.15) is 0 Å². The Kier molecular flexibility index (Phi) is 5.26. The first-order valence-corrected chi connectivity index (χ1v) is 7.36. The predicted octanol–water partition coefficient (Wildman–Crippen LogP) is 1.88. The van der Waals surface area contributed by atoms with E-state index in [1.165, 1.54) is 38.8 Å². The van der Waals surface area contributed by atoms with Gasteiger partial charge in [0.1, 0.15) is 0 Å². The summed E-state index contributed by atoms with van der Waals surface area (Å²) in [5.41, 5.74) is 0. The maximum atomic E-state index is 5.59. The zero-order valence-electron chi connectivity index (χ0n) is 11.5. The summed E-state index contributed by atoms with van der Waals surface area (Å²) in [6, 6.07) is 1.39. The van der Waals surface area contributed by atoms with E-state index < -0.39 is 0 Å². The highest BCUT2D eigenvalue weighted by Gasteiger charge is 2.28. The van der Waals surface area contributed by atoms with Crippen LogP contribution in [0, 0.1) is 5.92 Å². The molecule has 2 rings (SSSR count). The first kappa shape index (κ1) is 13.3. The van der Waals surface area contributed by atoms with Gasteiger partial charge in [-0.1, -0.05) is 6.92 Å². The topological polar surface area (TPSA) is 24.5 Å². The third kappa shape index (κ3) is 3.67. The summed E-state index contributed by atoms with van der Waals surface area (Å²) in [6.07, 6.45) is 5.29. The van der Waals surface area contributed by atoms with Crippen LogP contribution in [0.15, 0.2) is 0 Å². The highest BCUT2D eigenvalue weighted by molar-refractivity contribution is 4.83. The smallest absolute Gasteiger partial charge is 0.0621 e. The van der Waals surface area contributed by atoms with Crippen molar-refractivity contribution in [2.24, 2.45) is 5.92 Å². The van der Waals surface area contributed by atoms with Gasteiger partial charge in [0.2, 0.25) is 0 Å². The summed E-state index contributed by atoms with van der Waals surface area (Å²) >= 11 is 0. The molecule has 0 aromatic rings. The van der Waals surface area contributed by atoms with Crippen molar-refractivity contribution in [1.82, 2.24) is 10.2 Å². The number of piperidine rings is 1. The average Bonchev–Trinajstić information content (AvgIpc) is 2.40. The second-order valence-electron chi connectivity index (χ2n) is 5.59. The van der Waals surface area contributed by atoms with Gasteiger partial charge in [-0.05, 0) is 58.2 Å². The second kappa shape index (κ2) is 6.72. The molecule has 17 heavy (non-hydrogen) atoms. The van der Waals surface area contributed by atoms with E-state index in [0.717, 1.165) is 25.7 Å². The van der Waals surface area contributed by atoms with Crippen molar-refractivity contribution in [3.63, 3.8) is 0 Å². The lowest BCUT2D eigenvalue weighted by Crippen LogP contribution is -2.48. The van der Waals surface area contributed by atoms with Crippen molar-refractivity contribution < 1.29 is 4.74 Å². The van der Waals surface area contributed by atoms with Gasteiger partial charge >= 0.3 is 0 Å². The van der Waals surface area contributed by atoms with Crippen molar-refractivity contribution in [3.05, 3.63) is 0 Å². The van der Waals surface area contributed by atoms with Crippen molar-refractivity contribution >= 4 is 0 Å². The number of nitrogens with zero attached hydrogens (tertiary/aromatic N) is 1. The van der Waals surface area contributed by atoms with E-state index in [2.05, 4.69) is 24.1 Å². The number of hydrogen-bond donors (Lipinski definition) is 1. The molecule has 100 valence electrons. The molecule has 0 aromatic heterocycles. The Balaban J connectivity index is 1.73. The first-order chi connectivity index (χ1) is 8.31. The normalized spacial score (nSPS) is 30.4. The Hall–Kier alpha value is -0.120. The van der Waals surface area contributed by atoms with Crippen LogP contribution in [0.1, 0.15) is 39.5 Å².